The summed E-state index contributed by atoms with van der Waals surface area (Å²) in [6.07, 6.45) is 1.18. The molecule has 2 fully saturated rings. The maximum absolute atomic E-state index is 12.3. The van der Waals surface area contributed by atoms with Crippen molar-refractivity contribution in [2.45, 2.75) is 6.04 Å². The van der Waals surface area contributed by atoms with Crippen LogP contribution in [0.15, 0.2) is 0 Å². The van der Waals surface area contributed by atoms with Gasteiger partial charge in [0.2, 0.25) is 15.9 Å². The first kappa shape index (κ1) is 16.6. The van der Waals surface area contributed by atoms with Crippen molar-refractivity contribution in [2.24, 2.45) is 0 Å². The van der Waals surface area contributed by atoms with E-state index in [0.717, 1.165) is 0 Å². The Kier molecular flexibility index (Phi) is 5.55. The minimum Gasteiger partial charge on any atom is -0.395 e. The van der Waals surface area contributed by atoms with E-state index in [0.29, 0.717) is 45.9 Å². The van der Waals surface area contributed by atoms with Crippen LogP contribution in [-0.2, 0) is 19.6 Å². The van der Waals surface area contributed by atoms with Gasteiger partial charge in [-0.1, -0.05) is 0 Å². The Morgan fingerprint density at radius 2 is 1.90 bits per heavy atom. The SMILES string of the molecule is CS(=O)(=O)N1CCN(C(=O)CN2CCOCC2CO)CC1. The minimum atomic E-state index is -3.18. The number of aliphatic hydroxyl groups is 1. The van der Waals surface area contributed by atoms with Crippen LogP contribution in [0.2, 0.25) is 0 Å². The molecule has 0 aliphatic carbocycles. The van der Waals surface area contributed by atoms with Crippen LogP contribution in [0.4, 0.5) is 0 Å². The molecule has 122 valence electrons. The van der Waals surface area contributed by atoms with E-state index in [1.807, 2.05) is 4.90 Å². The number of piperazine rings is 1. The standard InChI is InChI=1S/C12H23N3O5S/c1-21(18,19)15-4-2-13(3-5-15)12(17)8-14-6-7-20-10-11(14)9-16/h11,16H,2-10H2,1H3. The molecule has 0 aromatic rings. The van der Waals surface area contributed by atoms with Crippen molar-refractivity contribution in [3.8, 4) is 0 Å². The fraction of sp³-hybridized carbons (Fsp3) is 0.917. The summed E-state index contributed by atoms with van der Waals surface area (Å²) < 4.78 is 29.5. The molecule has 2 aliphatic heterocycles. The molecule has 1 N–H and O–H groups in total. The second-order valence-corrected chi connectivity index (χ2v) is 7.41. The summed E-state index contributed by atoms with van der Waals surface area (Å²) in [6, 6.07) is -0.139. The summed E-state index contributed by atoms with van der Waals surface area (Å²) in [5.41, 5.74) is 0. The van der Waals surface area contributed by atoms with Crippen molar-refractivity contribution in [1.82, 2.24) is 14.1 Å². The van der Waals surface area contributed by atoms with Crippen LogP contribution in [0, 0.1) is 0 Å². The highest BCUT2D eigenvalue weighted by molar-refractivity contribution is 7.88. The van der Waals surface area contributed by atoms with Gasteiger partial charge < -0.3 is 14.7 Å². The van der Waals surface area contributed by atoms with Gasteiger partial charge in [-0.05, 0) is 0 Å². The van der Waals surface area contributed by atoms with Gasteiger partial charge in [0.1, 0.15) is 0 Å². The lowest BCUT2D eigenvalue weighted by molar-refractivity contribution is -0.136. The van der Waals surface area contributed by atoms with Crippen LogP contribution in [0.1, 0.15) is 0 Å². The molecule has 1 amide bonds. The van der Waals surface area contributed by atoms with E-state index in [1.54, 1.807) is 4.90 Å². The molecule has 2 heterocycles. The predicted molar refractivity (Wildman–Crippen MR) is 76.3 cm³/mol. The van der Waals surface area contributed by atoms with Gasteiger partial charge in [-0.15, -0.1) is 0 Å². The van der Waals surface area contributed by atoms with Crippen LogP contribution < -0.4 is 0 Å². The number of hydrogen-bond donors (Lipinski definition) is 1. The highest BCUT2D eigenvalue weighted by atomic mass is 32.2. The van der Waals surface area contributed by atoms with E-state index in [4.69, 9.17) is 4.74 Å². The van der Waals surface area contributed by atoms with E-state index in [1.165, 1.54) is 10.6 Å². The van der Waals surface area contributed by atoms with Crippen molar-refractivity contribution in [1.29, 1.82) is 0 Å². The molecular weight excluding hydrogens is 298 g/mol. The average molecular weight is 321 g/mol. The molecule has 21 heavy (non-hydrogen) atoms. The van der Waals surface area contributed by atoms with Gasteiger partial charge in [-0.25, -0.2) is 8.42 Å². The van der Waals surface area contributed by atoms with Crippen LogP contribution in [-0.4, -0.2) is 105 Å². The zero-order chi connectivity index (χ0) is 15.5. The normalized spacial score (nSPS) is 26.0. The van der Waals surface area contributed by atoms with Gasteiger partial charge in [-0.2, -0.15) is 4.31 Å². The number of nitrogens with zero attached hydrogens (tertiary/aromatic N) is 3. The molecule has 2 rings (SSSR count). The van der Waals surface area contributed by atoms with Crippen molar-refractivity contribution in [2.75, 3.05) is 65.3 Å². The van der Waals surface area contributed by atoms with Crippen LogP contribution >= 0.6 is 0 Å². The highest BCUT2D eigenvalue weighted by Gasteiger charge is 2.29. The van der Waals surface area contributed by atoms with Crippen molar-refractivity contribution in [3.05, 3.63) is 0 Å². The third-order valence-electron chi connectivity index (χ3n) is 3.96. The largest absolute Gasteiger partial charge is 0.395 e. The molecule has 0 aromatic carbocycles. The zero-order valence-electron chi connectivity index (χ0n) is 12.3. The molecule has 0 aromatic heterocycles. The Morgan fingerprint density at radius 1 is 1.24 bits per heavy atom. The molecule has 9 heteroatoms. The minimum absolute atomic E-state index is 0.0245. The number of amides is 1. The fourth-order valence-corrected chi connectivity index (χ4v) is 3.43. The van der Waals surface area contributed by atoms with Gasteiger partial charge in [-0.3, -0.25) is 9.69 Å². The number of ether oxygens (including phenoxy) is 1. The maximum Gasteiger partial charge on any atom is 0.236 e. The van der Waals surface area contributed by atoms with Crippen LogP contribution in [0.5, 0.6) is 0 Å². The van der Waals surface area contributed by atoms with E-state index in [-0.39, 0.29) is 25.1 Å². The van der Waals surface area contributed by atoms with Crippen molar-refractivity contribution >= 4 is 15.9 Å². The first-order chi connectivity index (χ1) is 9.91. The Balaban J connectivity index is 1.84. The van der Waals surface area contributed by atoms with Crippen LogP contribution in [0.3, 0.4) is 0 Å². The third kappa shape index (κ3) is 4.36. The van der Waals surface area contributed by atoms with Crippen LogP contribution in [0.25, 0.3) is 0 Å². The smallest absolute Gasteiger partial charge is 0.236 e. The third-order valence-corrected chi connectivity index (χ3v) is 5.26. The monoisotopic (exact) mass is 321 g/mol. The number of rotatable bonds is 4. The summed E-state index contributed by atoms with van der Waals surface area (Å²) in [4.78, 5) is 15.9. The maximum atomic E-state index is 12.3. The Hall–Kier alpha value is -0.740. The second kappa shape index (κ2) is 7.01. The fourth-order valence-electron chi connectivity index (χ4n) is 2.61. The molecule has 0 bridgehead atoms. The lowest BCUT2D eigenvalue weighted by Crippen LogP contribution is -2.55. The van der Waals surface area contributed by atoms with Gasteiger partial charge in [0, 0.05) is 32.7 Å². The highest BCUT2D eigenvalue weighted by Crippen LogP contribution is 2.10. The average Bonchev–Trinajstić information content (AvgIpc) is 2.47. The number of carbonyl (C=O) groups excluding carboxylic acids is 1. The molecule has 2 saturated heterocycles. The number of hydrogen-bond acceptors (Lipinski definition) is 6. The lowest BCUT2D eigenvalue weighted by atomic mass is 10.2. The first-order valence-electron chi connectivity index (χ1n) is 7.07. The van der Waals surface area contributed by atoms with Crippen molar-refractivity contribution < 1.29 is 23.1 Å². The first-order valence-corrected chi connectivity index (χ1v) is 8.92. The van der Waals surface area contributed by atoms with E-state index in [9.17, 15) is 18.3 Å². The Labute approximate surface area is 125 Å². The topological polar surface area (TPSA) is 90.4 Å². The number of aliphatic hydroxyl groups excluding tert-OH is 1. The Bertz CT molecular complexity index is 462. The van der Waals surface area contributed by atoms with Gasteiger partial charge >= 0.3 is 0 Å². The van der Waals surface area contributed by atoms with Gasteiger partial charge in [0.15, 0.2) is 0 Å². The number of morpholine rings is 1. The molecule has 0 radical (unpaired) electrons. The lowest BCUT2D eigenvalue weighted by Gasteiger charge is -2.37. The predicted octanol–water partition coefficient (Wildman–Crippen LogP) is -2.22. The molecule has 1 atom stereocenters. The summed E-state index contributed by atoms with van der Waals surface area (Å²) >= 11 is 0. The zero-order valence-corrected chi connectivity index (χ0v) is 13.1. The van der Waals surface area contributed by atoms with E-state index >= 15 is 0 Å². The number of carbonyl (C=O) groups is 1. The summed E-state index contributed by atoms with van der Waals surface area (Å²) in [5, 5.41) is 9.29. The summed E-state index contributed by atoms with van der Waals surface area (Å²) in [6.45, 7) is 3.36. The Morgan fingerprint density at radius 3 is 2.48 bits per heavy atom. The molecule has 1 unspecified atom stereocenters. The van der Waals surface area contributed by atoms with Gasteiger partial charge in [0.25, 0.3) is 0 Å². The summed E-state index contributed by atoms with van der Waals surface area (Å²) in [7, 11) is -3.18. The molecule has 0 saturated carbocycles. The van der Waals surface area contributed by atoms with Crippen molar-refractivity contribution in [3.63, 3.8) is 0 Å². The second-order valence-electron chi connectivity index (χ2n) is 5.42. The van der Waals surface area contributed by atoms with E-state index in [2.05, 4.69) is 0 Å². The van der Waals surface area contributed by atoms with E-state index < -0.39 is 10.0 Å². The molecule has 8 nitrogen and oxygen atoms in total. The number of sulfonamides is 1. The quantitative estimate of drug-likeness (QED) is 0.631. The summed E-state index contributed by atoms with van der Waals surface area (Å²) in [5.74, 6) is -0.0245. The molecule has 2 aliphatic rings. The molecular formula is C12H23N3O5S. The molecule has 0 spiro atoms. The van der Waals surface area contributed by atoms with Gasteiger partial charge in [0.05, 0.1) is 38.7 Å².